The van der Waals surface area contributed by atoms with E-state index in [1.165, 1.54) is 31.5 Å². The number of nitrogens with zero attached hydrogens (tertiary/aromatic N) is 1. The Morgan fingerprint density at radius 3 is 2.67 bits per heavy atom. The average molecular weight is 246 g/mol. The molecule has 1 heterocycles. The Hall–Kier alpha value is -0.860. The highest BCUT2D eigenvalue weighted by atomic mass is 15.1. The van der Waals surface area contributed by atoms with Gasteiger partial charge in [-0.15, -0.1) is 0 Å². The molecule has 100 valence electrons. The van der Waals surface area contributed by atoms with E-state index < -0.39 is 0 Å². The fraction of sp³-hybridized carbons (Fsp3) is 0.625. The van der Waals surface area contributed by atoms with Crippen LogP contribution in [0.4, 0.5) is 0 Å². The van der Waals surface area contributed by atoms with Crippen LogP contribution in [0, 0.1) is 11.3 Å². The minimum Gasteiger partial charge on any atom is -0.330 e. The fourth-order valence-corrected chi connectivity index (χ4v) is 2.85. The second kappa shape index (κ2) is 5.85. The maximum Gasteiger partial charge on any atom is 0.0233 e. The highest BCUT2D eigenvalue weighted by Crippen LogP contribution is 2.33. The minimum absolute atomic E-state index is 0.273. The van der Waals surface area contributed by atoms with Gasteiger partial charge < -0.3 is 5.73 Å². The second-order valence-corrected chi connectivity index (χ2v) is 6.25. The predicted octanol–water partition coefficient (Wildman–Crippen LogP) is 2.88. The molecule has 18 heavy (non-hydrogen) atoms. The van der Waals surface area contributed by atoms with E-state index in [0.717, 1.165) is 19.0 Å². The van der Waals surface area contributed by atoms with Crippen molar-refractivity contribution in [3.63, 3.8) is 0 Å². The Labute approximate surface area is 111 Å². The number of hydrogen-bond acceptors (Lipinski definition) is 2. The third kappa shape index (κ3) is 3.33. The molecule has 1 aliphatic heterocycles. The van der Waals surface area contributed by atoms with Crippen molar-refractivity contribution in [2.75, 3.05) is 19.6 Å². The molecule has 0 aliphatic carbocycles. The lowest BCUT2D eigenvalue weighted by molar-refractivity contribution is 0.0882. The van der Waals surface area contributed by atoms with Crippen molar-refractivity contribution in [3.05, 3.63) is 35.9 Å². The summed E-state index contributed by atoms with van der Waals surface area (Å²) in [5, 5.41) is 0. The summed E-state index contributed by atoms with van der Waals surface area (Å²) in [7, 11) is 0. The molecule has 0 aromatic heterocycles. The molecule has 0 bridgehead atoms. The Morgan fingerprint density at radius 2 is 2.00 bits per heavy atom. The monoisotopic (exact) mass is 246 g/mol. The van der Waals surface area contributed by atoms with Gasteiger partial charge in [-0.1, -0.05) is 44.2 Å². The Bertz CT molecular complexity index is 359. The highest BCUT2D eigenvalue weighted by Gasteiger charge is 2.31. The van der Waals surface area contributed by atoms with E-state index in [4.69, 9.17) is 5.73 Å². The van der Waals surface area contributed by atoms with Gasteiger partial charge in [-0.3, -0.25) is 4.90 Å². The van der Waals surface area contributed by atoms with Gasteiger partial charge in [-0.25, -0.2) is 0 Å². The average Bonchev–Trinajstić information content (AvgIpc) is 2.40. The van der Waals surface area contributed by atoms with Crippen molar-refractivity contribution >= 4 is 0 Å². The van der Waals surface area contributed by atoms with Gasteiger partial charge in [0, 0.05) is 13.1 Å². The molecule has 1 aromatic carbocycles. The van der Waals surface area contributed by atoms with E-state index in [1.54, 1.807) is 0 Å². The standard InChI is InChI=1S/C16H26N2/c1-16(2,13-17)15-9-6-10-18(12-15)11-14-7-4-3-5-8-14/h3-5,7-8,15H,6,9-13,17H2,1-2H3. The van der Waals surface area contributed by atoms with Gasteiger partial charge >= 0.3 is 0 Å². The molecular formula is C16H26N2. The van der Waals surface area contributed by atoms with E-state index in [0.29, 0.717) is 0 Å². The SMILES string of the molecule is CC(C)(CN)C1CCCN(Cc2ccccc2)C1. The molecule has 2 rings (SSSR count). The van der Waals surface area contributed by atoms with Crippen LogP contribution in [-0.2, 0) is 6.54 Å². The number of piperidine rings is 1. The lowest BCUT2D eigenvalue weighted by Crippen LogP contribution is -2.43. The van der Waals surface area contributed by atoms with Crippen LogP contribution >= 0.6 is 0 Å². The molecule has 2 N–H and O–H groups in total. The first-order valence-corrected chi connectivity index (χ1v) is 7.08. The summed E-state index contributed by atoms with van der Waals surface area (Å²) < 4.78 is 0. The molecule has 2 heteroatoms. The van der Waals surface area contributed by atoms with Gasteiger partial charge in [-0.2, -0.15) is 0 Å². The molecule has 0 amide bonds. The first-order valence-electron chi connectivity index (χ1n) is 7.08. The lowest BCUT2D eigenvalue weighted by Gasteiger charge is -2.41. The molecule has 0 radical (unpaired) electrons. The number of rotatable bonds is 4. The molecule has 1 atom stereocenters. The van der Waals surface area contributed by atoms with Gasteiger partial charge in [0.05, 0.1) is 0 Å². The minimum atomic E-state index is 0.273. The van der Waals surface area contributed by atoms with Crippen LogP contribution in [0.25, 0.3) is 0 Å². The quantitative estimate of drug-likeness (QED) is 0.885. The normalized spacial score (nSPS) is 22.1. The fourth-order valence-electron chi connectivity index (χ4n) is 2.85. The van der Waals surface area contributed by atoms with Crippen LogP contribution in [0.3, 0.4) is 0 Å². The van der Waals surface area contributed by atoms with Crippen LogP contribution in [0.15, 0.2) is 30.3 Å². The van der Waals surface area contributed by atoms with Gasteiger partial charge in [0.1, 0.15) is 0 Å². The predicted molar refractivity (Wildman–Crippen MR) is 77.3 cm³/mol. The first-order chi connectivity index (χ1) is 8.62. The molecule has 1 aliphatic rings. The van der Waals surface area contributed by atoms with Crippen LogP contribution in [0.1, 0.15) is 32.3 Å². The molecule has 2 nitrogen and oxygen atoms in total. The van der Waals surface area contributed by atoms with Crippen molar-refractivity contribution in [3.8, 4) is 0 Å². The summed E-state index contributed by atoms with van der Waals surface area (Å²) in [4.78, 5) is 2.58. The third-order valence-corrected chi connectivity index (χ3v) is 4.39. The summed E-state index contributed by atoms with van der Waals surface area (Å²) in [5.74, 6) is 0.736. The maximum absolute atomic E-state index is 5.92. The maximum atomic E-state index is 5.92. The molecule has 1 fully saturated rings. The molecule has 1 saturated heterocycles. The summed E-state index contributed by atoms with van der Waals surface area (Å²) in [6.07, 6.45) is 2.64. The van der Waals surface area contributed by atoms with Crippen molar-refractivity contribution in [2.24, 2.45) is 17.1 Å². The zero-order valence-electron chi connectivity index (χ0n) is 11.7. The molecule has 1 aromatic rings. The number of benzene rings is 1. The van der Waals surface area contributed by atoms with Gasteiger partial charge in [-0.05, 0) is 42.8 Å². The van der Waals surface area contributed by atoms with Crippen molar-refractivity contribution < 1.29 is 0 Å². The zero-order valence-corrected chi connectivity index (χ0v) is 11.7. The first kappa shape index (κ1) is 13.6. The summed E-state index contributed by atoms with van der Waals surface area (Å²) >= 11 is 0. The van der Waals surface area contributed by atoms with Crippen molar-refractivity contribution in [2.45, 2.75) is 33.2 Å². The summed E-state index contributed by atoms with van der Waals surface area (Å²) in [6, 6.07) is 10.8. The topological polar surface area (TPSA) is 29.3 Å². The smallest absolute Gasteiger partial charge is 0.0233 e. The number of nitrogens with two attached hydrogens (primary N) is 1. The van der Waals surface area contributed by atoms with Crippen LogP contribution in [0.5, 0.6) is 0 Å². The van der Waals surface area contributed by atoms with Crippen molar-refractivity contribution in [1.82, 2.24) is 4.90 Å². The van der Waals surface area contributed by atoms with Crippen LogP contribution < -0.4 is 5.73 Å². The largest absolute Gasteiger partial charge is 0.330 e. The Balaban J connectivity index is 1.95. The van der Waals surface area contributed by atoms with E-state index in [1.807, 2.05) is 0 Å². The summed E-state index contributed by atoms with van der Waals surface area (Å²) in [5.41, 5.74) is 7.61. The van der Waals surface area contributed by atoms with Crippen LogP contribution in [-0.4, -0.2) is 24.5 Å². The third-order valence-electron chi connectivity index (χ3n) is 4.39. The van der Waals surface area contributed by atoms with E-state index in [2.05, 4.69) is 49.1 Å². The molecular weight excluding hydrogens is 220 g/mol. The van der Waals surface area contributed by atoms with Gasteiger partial charge in [0.15, 0.2) is 0 Å². The zero-order chi connectivity index (χ0) is 13.0. The second-order valence-electron chi connectivity index (χ2n) is 6.25. The van der Waals surface area contributed by atoms with E-state index >= 15 is 0 Å². The molecule has 1 unspecified atom stereocenters. The lowest BCUT2D eigenvalue weighted by atomic mass is 9.74. The highest BCUT2D eigenvalue weighted by molar-refractivity contribution is 5.14. The van der Waals surface area contributed by atoms with E-state index in [-0.39, 0.29) is 5.41 Å². The Morgan fingerprint density at radius 1 is 1.28 bits per heavy atom. The van der Waals surface area contributed by atoms with Crippen LogP contribution in [0.2, 0.25) is 0 Å². The van der Waals surface area contributed by atoms with Gasteiger partial charge in [0.25, 0.3) is 0 Å². The van der Waals surface area contributed by atoms with E-state index in [9.17, 15) is 0 Å². The number of hydrogen-bond donors (Lipinski definition) is 1. The Kier molecular flexibility index (Phi) is 4.41. The van der Waals surface area contributed by atoms with Crippen molar-refractivity contribution in [1.29, 1.82) is 0 Å². The number of likely N-dealkylation sites (tertiary alicyclic amines) is 1. The summed E-state index contributed by atoms with van der Waals surface area (Å²) in [6.45, 7) is 8.91. The molecule has 0 spiro atoms. The molecule has 0 saturated carbocycles. The van der Waals surface area contributed by atoms with Gasteiger partial charge in [0.2, 0.25) is 0 Å².